The fourth-order valence-corrected chi connectivity index (χ4v) is 17.1. The number of carboxylic acids is 1. The number of aromatic nitrogens is 2. The summed E-state index contributed by atoms with van der Waals surface area (Å²) in [4.78, 5) is 178. The van der Waals surface area contributed by atoms with Crippen molar-refractivity contribution < 1.29 is 86.3 Å². The lowest BCUT2D eigenvalue weighted by Gasteiger charge is -2.41. The lowest BCUT2D eigenvalue weighted by atomic mass is 9.89. The van der Waals surface area contributed by atoms with Gasteiger partial charge in [-0.3, -0.25) is 58.3 Å². The highest BCUT2D eigenvalue weighted by Crippen LogP contribution is 2.32. The fraction of sp³-hybridized carbons (Fsp3) is 0.611. The third kappa shape index (κ3) is 30.8. The van der Waals surface area contributed by atoms with Crippen LogP contribution in [0.2, 0.25) is 0 Å². The maximum absolute atomic E-state index is 15.0. The number of nitrogens with two attached hydrogens (primary N) is 1. The Labute approximate surface area is 739 Å². The second-order valence-electron chi connectivity index (χ2n) is 33.5. The number of urea groups is 1. The minimum Gasteiger partial charge on any atom is -0.481 e. The van der Waals surface area contributed by atoms with Gasteiger partial charge in [0.2, 0.25) is 53.2 Å². The molecule has 2 fully saturated rings. The van der Waals surface area contributed by atoms with Gasteiger partial charge in [-0.2, -0.15) is 0 Å². The van der Waals surface area contributed by atoms with Crippen molar-refractivity contribution in [2.75, 3.05) is 107 Å². The van der Waals surface area contributed by atoms with Gasteiger partial charge in [0, 0.05) is 128 Å². The number of hydrazine groups is 1. The molecule has 4 heterocycles. The van der Waals surface area contributed by atoms with E-state index in [9.17, 15) is 57.5 Å². The molecule has 690 valence electrons. The van der Waals surface area contributed by atoms with Gasteiger partial charge < -0.3 is 90.6 Å². The van der Waals surface area contributed by atoms with Crippen molar-refractivity contribution >= 4 is 99.2 Å². The number of piperidine rings is 1. The topological polar surface area (TPSA) is 419 Å². The van der Waals surface area contributed by atoms with E-state index in [0.29, 0.717) is 82.5 Å². The summed E-state index contributed by atoms with van der Waals surface area (Å²) in [5.41, 5.74) is 12.4. The number of aryl methyl sites for hydroxylation is 1. The van der Waals surface area contributed by atoms with E-state index >= 15 is 0 Å². The molecule has 2 saturated heterocycles. The summed E-state index contributed by atoms with van der Waals surface area (Å²) in [6.07, 6.45) is 2.53. The van der Waals surface area contributed by atoms with Crippen LogP contribution in [0, 0.1) is 29.6 Å². The predicted molar refractivity (Wildman–Crippen MR) is 475 cm³/mol. The number of benzene rings is 3. The zero-order valence-electron chi connectivity index (χ0n) is 75.5. The molecular weight excluding hydrogens is 1630 g/mol. The van der Waals surface area contributed by atoms with Crippen LogP contribution in [0.4, 0.5) is 15.3 Å². The van der Waals surface area contributed by atoms with E-state index < -0.39 is 120 Å². The van der Waals surface area contributed by atoms with Gasteiger partial charge in [-0.05, 0) is 116 Å². The Balaban J connectivity index is 0.925. The van der Waals surface area contributed by atoms with Crippen LogP contribution in [0.25, 0.3) is 10.9 Å². The van der Waals surface area contributed by atoms with Gasteiger partial charge in [-0.1, -0.05) is 129 Å². The number of fused-ring (bicyclic) bond motifs is 1. The molecule has 125 heavy (non-hydrogen) atoms. The third-order valence-electron chi connectivity index (χ3n) is 23.6. The highest BCUT2D eigenvalue weighted by atomic mass is 32.1. The Morgan fingerprint density at radius 2 is 1.37 bits per heavy atom. The molecule has 34 nitrogen and oxygen atoms in total. The molecule has 3 aromatic carbocycles. The van der Waals surface area contributed by atoms with Crippen LogP contribution < -0.4 is 43.1 Å². The summed E-state index contributed by atoms with van der Waals surface area (Å²) in [6, 6.07) is 19.3. The lowest BCUT2D eigenvalue weighted by Crippen LogP contribution is -2.60. The van der Waals surface area contributed by atoms with Crippen molar-refractivity contribution in [1.82, 2.24) is 71.1 Å². The Hall–Kier alpha value is -10.2. The van der Waals surface area contributed by atoms with Crippen LogP contribution in [0.1, 0.15) is 167 Å². The number of amides is 12. The summed E-state index contributed by atoms with van der Waals surface area (Å²) < 4.78 is 31.4. The number of likely N-dealkylation sites (tertiary alicyclic amines) is 2. The monoisotopic (exact) mass is 1760 g/mol. The fourth-order valence-electron chi connectivity index (χ4n) is 16.4. The molecule has 35 heteroatoms. The Morgan fingerprint density at radius 1 is 0.688 bits per heavy atom. The number of carbonyl (C=O) groups excluding carboxylic acids is 11. The van der Waals surface area contributed by atoms with Crippen molar-refractivity contribution in [2.45, 2.75) is 226 Å². The van der Waals surface area contributed by atoms with Crippen molar-refractivity contribution in [3.63, 3.8) is 0 Å². The maximum atomic E-state index is 15.0. The SMILES string of the molecule is CCC(C)C(C(CC(=O)N1CCCC1C(OC)C(C)C(=O)NC(Cc1ccccc1)c1nccs1)OC)N(C)C(=O)C(NC(=O)C(C(C)C)N(C)C(=O)OCc1ccc(NC(=O)C(CCCNC(N)=O)NC(=O)C(NC(=O)CCC(=O)N(CCOCCOCCC(=O)O)C2CCN(C(=O)CCn3c(CN(C)NC)cc4ccccc43)CC2)C(C)C)cc1)C(C)C. The van der Waals surface area contributed by atoms with Crippen LogP contribution >= 0.6 is 11.3 Å². The van der Waals surface area contributed by atoms with Gasteiger partial charge in [0.05, 0.1) is 82.1 Å². The number of anilines is 1. The molecule has 11 unspecified atom stereocenters. The smallest absolute Gasteiger partial charge is 0.410 e. The average Bonchev–Trinajstić information content (AvgIpc) is 1.61. The lowest BCUT2D eigenvalue weighted by molar-refractivity contribution is -0.148. The number of aliphatic carboxylic acids is 1. The molecule has 2 aliphatic heterocycles. The number of para-hydroxylation sites is 1. The van der Waals surface area contributed by atoms with Gasteiger partial charge in [0.15, 0.2) is 0 Å². The summed E-state index contributed by atoms with van der Waals surface area (Å²) in [5, 5.41) is 31.7. The zero-order valence-corrected chi connectivity index (χ0v) is 76.3. The first-order valence-corrected chi connectivity index (χ1v) is 44.6. The van der Waals surface area contributed by atoms with E-state index in [4.69, 9.17) is 34.5 Å². The van der Waals surface area contributed by atoms with Crippen molar-refractivity contribution in [2.24, 2.45) is 35.3 Å². The third-order valence-corrected chi connectivity index (χ3v) is 24.5. The number of hydrogen-bond acceptors (Lipinski definition) is 21. The highest BCUT2D eigenvalue weighted by Gasteiger charge is 2.45. The van der Waals surface area contributed by atoms with Crippen LogP contribution in [-0.2, 0) is 97.7 Å². The molecule has 0 saturated carbocycles. The number of nitrogens with zero attached hydrogens (tertiary/aromatic N) is 8. The normalized spacial score (nSPS) is 16.1. The number of ether oxygens (including phenoxy) is 5. The van der Waals surface area contributed by atoms with E-state index in [-0.39, 0.29) is 133 Å². The minimum absolute atomic E-state index is 0.0124. The van der Waals surface area contributed by atoms with Gasteiger partial charge in [-0.15, -0.1) is 11.3 Å². The van der Waals surface area contributed by atoms with Gasteiger partial charge in [0.1, 0.15) is 35.8 Å². The molecule has 0 aliphatic carbocycles. The van der Waals surface area contributed by atoms with Gasteiger partial charge in [0.25, 0.3) is 0 Å². The van der Waals surface area contributed by atoms with Crippen LogP contribution in [0.5, 0.6) is 0 Å². The average molecular weight is 1760 g/mol. The second-order valence-corrected chi connectivity index (χ2v) is 34.4. The molecule has 0 radical (unpaired) electrons. The Bertz CT molecular complexity index is 4280. The number of hydrogen-bond donors (Lipinski definition) is 9. The van der Waals surface area contributed by atoms with Gasteiger partial charge in [-0.25, -0.2) is 19.6 Å². The molecule has 11 atom stereocenters. The number of thiazole rings is 1. The summed E-state index contributed by atoms with van der Waals surface area (Å²) >= 11 is 1.46. The second kappa shape index (κ2) is 51.4. The number of likely N-dealkylation sites (N-methyl/N-ethyl adjacent to an activating group) is 2. The van der Waals surface area contributed by atoms with E-state index in [1.807, 2.05) is 98.7 Å². The zero-order chi connectivity index (χ0) is 91.6. The Kier molecular flexibility index (Phi) is 41.9. The number of rotatable bonds is 52. The standard InChI is InChI=1S/C90H136N16O18S/c1-16-60(8)81(72(120-14)54-76(110)106-42-23-29-71(106)82(121-15)61(9)83(113)97-69(87-93-41-51-125-87)52-62-24-18-17-19-25-62)101(12)88(117)79(58(4)5)99-86(116)80(59(6)7)102(13)90(119)124-56-63-30-32-65(33-31-63)95-84(114)68(27-22-40-94-89(91)118)96-85(115)78(57(2)3)98-73(107)34-35-75(109)105(46-48-123-50-49-122-47-39-77(111)112)66-36-43-103(44-37-66)74(108)38-45-104-67(55-100(11)92-10)53-64-26-20-21-28-70(64)104/h17-21,24-26,28,30-33,41,51,53,57-61,66,68-69,71-72,78-82,92H,16,22-23,27,29,34-40,42-50,52,54-56H2,1-15H3,(H,95,114)(H,96,115)(H,97,113)(H,98,107)(H,99,116)(H,111,112)(H3,91,94,118). The van der Waals surface area contributed by atoms with Gasteiger partial charge >= 0.3 is 18.1 Å². The van der Waals surface area contributed by atoms with Crippen molar-refractivity contribution in [1.29, 1.82) is 0 Å². The molecule has 0 spiro atoms. The van der Waals surface area contributed by atoms with E-state index in [2.05, 4.69) is 59.0 Å². The summed E-state index contributed by atoms with van der Waals surface area (Å²) in [7, 11) is 9.94. The first kappa shape index (κ1) is 102. The molecule has 7 rings (SSSR count). The maximum Gasteiger partial charge on any atom is 0.410 e. The predicted octanol–water partition coefficient (Wildman–Crippen LogP) is 7.63. The molecule has 5 aromatic rings. The van der Waals surface area contributed by atoms with Crippen molar-refractivity contribution in [3.05, 3.63) is 118 Å². The number of primary amides is 1. The van der Waals surface area contributed by atoms with Crippen LogP contribution in [0.3, 0.4) is 0 Å². The molecule has 2 aliphatic rings. The minimum atomic E-state index is -1.21. The van der Waals surface area contributed by atoms with Crippen molar-refractivity contribution in [3.8, 4) is 0 Å². The Morgan fingerprint density at radius 3 is 1.99 bits per heavy atom. The highest BCUT2D eigenvalue weighted by molar-refractivity contribution is 7.09. The van der Waals surface area contributed by atoms with E-state index in [1.165, 1.54) is 30.4 Å². The van der Waals surface area contributed by atoms with Crippen LogP contribution in [-0.4, -0.2) is 271 Å². The van der Waals surface area contributed by atoms with E-state index in [0.717, 1.165) is 27.2 Å². The molecule has 10 N–H and O–H groups in total. The largest absolute Gasteiger partial charge is 0.481 e. The quantitative estimate of drug-likeness (QED) is 0.0133. The van der Waals surface area contributed by atoms with Crippen LogP contribution in [0.15, 0.2) is 96.5 Å². The number of nitrogens with one attached hydrogen (secondary N) is 7. The number of carboxylic acid groups (broad SMARTS) is 1. The first-order valence-electron chi connectivity index (χ1n) is 43.7. The first-order chi connectivity index (χ1) is 59.7. The number of carbonyl (C=O) groups is 12. The molecule has 12 amide bonds. The molecule has 0 bridgehead atoms. The van der Waals surface area contributed by atoms with E-state index in [1.54, 1.807) is 101 Å². The molecular formula is C90H136N16O18S. The molecule has 2 aromatic heterocycles. The number of methoxy groups -OCH3 is 2. The summed E-state index contributed by atoms with van der Waals surface area (Å²) in [6.45, 7) is 19.0. The summed E-state index contributed by atoms with van der Waals surface area (Å²) in [5.74, 6) is -7.02.